The van der Waals surface area contributed by atoms with Crippen LogP contribution in [-0.4, -0.2) is 12.1 Å². The third kappa shape index (κ3) is 2.96. The van der Waals surface area contributed by atoms with Crippen molar-refractivity contribution in [2.45, 2.75) is 20.5 Å². The van der Waals surface area contributed by atoms with Crippen LogP contribution in [0.2, 0.25) is 0 Å². The van der Waals surface area contributed by atoms with Gasteiger partial charge in [0.25, 0.3) is 0 Å². The van der Waals surface area contributed by atoms with E-state index in [9.17, 15) is 0 Å². The smallest absolute Gasteiger partial charge is 0.219 e. The van der Waals surface area contributed by atoms with Crippen molar-refractivity contribution >= 4 is 5.69 Å². The highest BCUT2D eigenvalue weighted by Crippen LogP contribution is 2.27. The zero-order chi connectivity index (χ0) is 13.8. The number of nitrogens with zero attached hydrogens (tertiary/aromatic N) is 1. The van der Waals surface area contributed by atoms with Gasteiger partial charge in [0, 0.05) is 11.9 Å². The topological polar surface area (TPSA) is 57.4 Å². The van der Waals surface area contributed by atoms with Gasteiger partial charge in [-0.05, 0) is 49.2 Å². The van der Waals surface area contributed by atoms with Gasteiger partial charge in [0.15, 0.2) is 0 Å². The standard InChI is InChI=1S/C15H18N2O2/c1-10-7-13(16)8-11(2)14(10)19-9-12-5-4-6-17-15(12)18-3/h4-8H,9,16H2,1-3H3. The Labute approximate surface area is 113 Å². The molecule has 1 aromatic carbocycles. The molecule has 0 atom stereocenters. The summed E-state index contributed by atoms with van der Waals surface area (Å²) in [5.74, 6) is 1.45. The lowest BCUT2D eigenvalue weighted by molar-refractivity contribution is 0.290. The molecule has 0 unspecified atom stereocenters. The Morgan fingerprint density at radius 1 is 1.21 bits per heavy atom. The van der Waals surface area contributed by atoms with Crippen LogP contribution in [-0.2, 0) is 6.61 Å². The van der Waals surface area contributed by atoms with E-state index < -0.39 is 0 Å². The molecular formula is C15H18N2O2. The van der Waals surface area contributed by atoms with Crippen LogP contribution in [0.15, 0.2) is 30.5 Å². The van der Waals surface area contributed by atoms with Gasteiger partial charge in [-0.3, -0.25) is 0 Å². The molecule has 2 rings (SSSR count). The first-order chi connectivity index (χ1) is 9.11. The minimum absolute atomic E-state index is 0.419. The minimum atomic E-state index is 0.419. The van der Waals surface area contributed by atoms with E-state index in [1.54, 1.807) is 13.3 Å². The molecule has 0 spiro atoms. The van der Waals surface area contributed by atoms with E-state index in [1.165, 1.54) is 0 Å². The van der Waals surface area contributed by atoms with Gasteiger partial charge in [-0.1, -0.05) is 0 Å². The number of nitrogens with two attached hydrogens (primary N) is 1. The number of aromatic nitrogens is 1. The molecule has 4 nitrogen and oxygen atoms in total. The second-order valence-corrected chi connectivity index (χ2v) is 4.44. The van der Waals surface area contributed by atoms with Gasteiger partial charge >= 0.3 is 0 Å². The molecule has 0 aliphatic carbocycles. The van der Waals surface area contributed by atoms with Crippen LogP contribution in [0.25, 0.3) is 0 Å². The largest absolute Gasteiger partial charge is 0.488 e. The number of methoxy groups -OCH3 is 1. The number of hydrogen-bond donors (Lipinski definition) is 1. The highest BCUT2D eigenvalue weighted by molar-refractivity contribution is 5.52. The van der Waals surface area contributed by atoms with E-state index in [0.29, 0.717) is 12.5 Å². The maximum Gasteiger partial charge on any atom is 0.219 e. The molecule has 2 N–H and O–H groups in total. The Morgan fingerprint density at radius 2 is 1.89 bits per heavy atom. The zero-order valence-corrected chi connectivity index (χ0v) is 11.4. The van der Waals surface area contributed by atoms with Crippen LogP contribution in [0, 0.1) is 13.8 Å². The average Bonchev–Trinajstić information content (AvgIpc) is 2.38. The first kappa shape index (κ1) is 13.2. The molecule has 0 aliphatic rings. The van der Waals surface area contributed by atoms with Gasteiger partial charge in [0.1, 0.15) is 12.4 Å². The van der Waals surface area contributed by atoms with Crippen LogP contribution >= 0.6 is 0 Å². The summed E-state index contributed by atoms with van der Waals surface area (Å²) >= 11 is 0. The van der Waals surface area contributed by atoms with Crippen molar-refractivity contribution in [3.8, 4) is 11.6 Å². The fraction of sp³-hybridized carbons (Fsp3) is 0.267. The van der Waals surface area contributed by atoms with Crippen LogP contribution < -0.4 is 15.2 Å². The summed E-state index contributed by atoms with van der Waals surface area (Å²) in [5.41, 5.74) is 9.52. The molecule has 0 aliphatic heterocycles. The van der Waals surface area contributed by atoms with Gasteiger partial charge in [0.2, 0.25) is 5.88 Å². The Kier molecular flexibility index (Phi) is 3.90. The summed E-state index contributed by atoms with van der Waals surface area (Å²) in [6.07, 6.45) is 1.70. The van der Waals surface area contributed by atoms with Crippen LogP contribution in [0.4, 0.5) is 5.69 Å². The van der Waals surface area contributed by atoms with Crippen LogP contribution in [0.3, 0.4) is 0 Å². The number of aryl methyl sites for hydroxylation is 2. The number of anilines is 1. The molecule has 19 heavy (non-hydrogen) atoms. The van der Waals surface area contributed by atoms with Gasteiger partial charge < -0.3 is 15.2 Å². The third-order valence-corrected chi connectivity index (χ3v) is 2.90. The SMILES string of the molecule is COc1ncccc1COc1c(C)cc(N)cc1C. The highest BCUT2D eigenvalue weighted by atomic mass is 16.5. The second kappa shape index (κ2) is 5.61. The number of hydrogen-bond acceptors (Lipinski definition) is 4. The van der Waals surface area contributed by atoms with Crippen molar-refractivity contribution in [1.29, 1.82) is 0 Å². The van der Waals surface area contributed by atoms with Crippen LogP contribution in [0.5, 0.6) is 11.6 Å². The summed E-state index contributed by atoms with van der Waals surface area (Å²) in [5, 5.41) is 0. The number of nitrogen functional groups attached to an aromatic ring is 1. The second-order valence-electron chi connectivity index (χ2n) is 4.44. The summed E-state index contributed by atoms with van der Waals surface area (Å²) in [6.45, 7) is 4.39. The zero-order valence-electron chi connectivity index (χ0n) is 11.4. The van der Waals surface area contributed by atoms with E-state index in [2.05, 4.69) is 4.98 Å². The number of rotatable bonds is 4. The lowest BCUT2D eigenvalue weighted by Gasteiger charge is -2.14. The van der Waals surface area contributed by atoms with E-state index >= 15 is 0 Å². The van der Waals surface area contributed by atoms with E-state index in [-0.39, 0.29) is 0 Å². The Hall–Kier alpha value is -2.23. The predicted molar refractivity (Wildman–Crippen MR) is 75.4 cm³/mol. The van der Waals surface area contributed by atoms with Gasteiger partial charge in [0.05, 0.1) is 12.7 Å². The third-order valence-electron chi connectivity index (χ3n) is 2.90. The molecule has 0 amide bonds. The van der Waals surface area contributed by atoms with Crippen LogP contribution in [0.1, 0.15) is 16.7 Å². The molecule has 0 radical (unpaired) electrons. The molecule has 0 bridgehead atoms. The highest BCUT2D eigenvalue weighted by Gasteiger charge is 2.08. The Bertz CT molecular complexity index is 559. The minimum Gasteiger partial charge on any atom is -0.488 e. The molecule has 1 aromatic heterocycles. The normalized spacial score (nSPS) is 10.3. The van der Waals surface area contributed by atoms with Crippen molar-refractivity contribution in [2.24, 2.45) is 0 Å². The Balaban J connectivity index is 2.19. The van der Waals surface area contributed by atoms with Crippen molar-refractivity contribution in [3.63, 3.8) is 0 Å². The monoisotopic (exact) mass is 258 g/mol. The fourth-order valence-electron chi connectivity index (χ4n) is 2.08. The lowest BCUT2D eigenvalue weighted by atomic mass is 10.1. The quantitative estimate of drug-likeness (QED) is 0.857. The van der Waals surface area contributed by atoms with E-state index in [1.807, 2.05) is 38.1 Å². The van der Waals surface area contributed by atoms with Gasteiger partial charge in [-0.25, -0.2) is 4.98 Å². The fourth-order valence-corrected chi connectivity index (χ4v) is 2.08. The molecule has 0 saturated carbocycles. The molecule has 1 heterocycles. The molecule has 0 saturated heterocycles. The summed E-state index contributed by atoms with van der Waals surface area (Å²) in [6, 6.07) is 7.61. The summed E-state index contributed by atoms with van der Waals surface area (Å²) in [7, 11) is 1.60. The van der Waals surface area contributed by atoms with Gasteiger partial charge in [-0.15, -0.1) is 0 Å². The maximum absolute atomic E-state index is 5.88. The van der Waals surface area contributed by atoms with E-state index in [0.717, 1.165) is 28.1 Å². The van der Waals surface area contributed by atoms with Gasteiger partial charge in [-0.2, -0.15) is 0 Å². The average molecular weight is 258 g/mol. The first-order valence-corrected chi connectivity index (χ1v) is 6.09. The van der Waals surface area contributed by atoms with Crippen molar-refractivity contribution in [1.82, 2.24) is 4.98 Å². The lowest BCUT2D eigenvalue weighted by Crippen LogP contribution is -2.02. The molecular weight excluding hydrogens is 240 g/mol. The predicted octanol–water partition coefficient (Wildman–Crippen LogP) is 2.87. The summed E-state index contributed by atoms with van der Waals surface area (Å²) in [4.78, 5) is 4.15. The van der Waals surface area contributed by atoms with Crippen molar-refractivity contribution in [3.05, 3.63) is 47.2 Å². The Morgan fingerprint density at radius 3 is 2.53 bits per heavy atom. The first-order valence-electron chi connectivity index (χ1n) is 6.09. The number of ether oxygens (including phenoxy) is 2. The maximum atomic E-state index is 5.88. The molecule has 2 aromatic rings. The van der Waals surface area contributed by atoms with Crippen molar-refractivity contribution in [2.75, 3.05) is 12.8 Å². The summed E-state index contributed by atoms with van der Waals surface area (Å²) < 4.78 is 11.1. The number of benzene rings is 1. The number of pyridine rings is 1. The van der Waals surface area contributed by atoms with E-state index in [4.69, 9.17) is 15.2 Å². The van der Waals surface area contributed by atoms with Crippen molar-refractivity contribution < 1.29 is 9.47 Å². The molecule has 0 fully saturated rings. The molecule has 4 heteroatoms. The molecule has 100 valence electrons.